The zero-order valence-corrected chi connectivity index (χ0v) is 25.5. The van der Waals surface area contributed by atoms with Crippen LogP contribution in [0.3, 0.4) is 0 Å². The van der Waals surface area contributed by atoms with Crippen molar-refractivity contribution in [1.82, 2.24) is 19.9 Å². The van der Waals surface area contributed by atoms with Crippen molar-refractivity contribution in [2.24, 2.45) is 0 Å². The number of sulfone groups is 1. The Morgan fingerprint density at radius 1 is 1.16 bits per heavy atom. The molecule has 0 radical (unpaired) electrons. The standard InChI is InChI=1S/C27H29N5O3S.U/c1-2-19(18-36(34,35)24-5-3-4-6-24)17-32-25(33)12-9-22-16-29-27(31-26(22)32)30-23-10-7-20(8-11-23)21-13-14-28-15-21;/h1-2,7-12,16,21,24,28H,3-6,13-15,17H2,(H,29,30,31);/q-2;+2. The maximum Gasteiger partial charge on any atom is 2.00 e. The first kappa shape index (κ1) is 27.8. The number of aromatic nitrogens is 3. The summed E-state index contributed by atoms with van der Waals surface area (Å²) in [5.41, 5.74) is 2.41. The molecule has 37 heavy (non-hydrogen) atoms. The van der Waals surface area contributed by atoms with E-state index in [-0.39, 0.29) is 48.8 Å². The van der Waals surface area contributed by atoms with Crippen LogP contribution in [0, 0.1) is 43.1 Å². The predicted octanol–water partition coefficient (Wildman–Crippen LogP) is 3.65. The second-order valence-corrected chi connectivity index (χ2v) is 11.4. The van der Waals surface area contributed by atoms with Crippen molar-refractivity contribution in [1.29, 1.82) is 0 Å². The van der Waals surface area contributed by atoms with Gasteiger partial charge in [0, 0.05) is 35.1 Å². The van der Waals surface area contributed by atoms with Gasteiger partial charge in [-0.25, -0.2) is 18.8 Å². The van der Waals surface area contributed by atoms with Gasteiger partial charge in [-0.05, 0) is 62.0 Å². The van der Waals surface area contributed by atoms with E-state index in [1.54, 1.807) is 12.3 Å². The number of benzene rings is 1. The third kappa shape index (κ3) is 6.43. The molecule has 0 amide bonds. The Morgan fingerprint density at radius 3 is 2.59 bits per heavy atom. The molecule has 10 heteroatoms. The van der Waals surface area contributed by atoms with Crippen LogP contribution in [-0.2, 0) is 16.4 Å². The minimum atomic E-state index is -3.58. The number of fused-ring (bicyclic) bond motifs is 1. The largest absolute Gasteiger partial charge is 2.00 e. The van der Waals surface area contributed by atoms with Crippen LogP contribution >= 0.6 is 0 Å². The molecule has 1 aliphatic carbocycles. The van der Waals surface area contributed by atoms with Gasteiger partial charge in [0.15, 0.2) is 0 Å². The van der Waals surface area contributed by atoms with E-state index in [1.807, 2.05) is 12.1 Å². The Hall–Kier alpha value is -2.25. The Morgan fingerprint density at radius 2 is 1.92 bits per heavy atom. The van der Waals surface area contributed by atoms with Crippen molar-refractivity contribution >= 4 is 32.5 Å². The third-order valence-electron chi connectivity index (χ3n) is 6.97. The summed E-state index contributed by atoms with van der Waals surface area (Å²) in [7, 11) is -3.58. The van der Waals surface area contributed by atoms with Crippen molar-refractivity contribution in [3.05, 3.63) is 82.1 Å². The average molecular weight is 742 g/mol. The fraction of sp³-hybridized carbons (Fsp3) is 0.370. The van der Waals surface area contributed by atoms with Gasteiger partial charge in [-0.1, -0.05) is 25.0 Å². The first-order valence-corrected chi connectivity index (χ1v) is 13.8. The minimum Gasteiger partial charge on any atom is -0.394 e. The first-order valence-electron chi connectivity index (χ1n) is 12.3. The summed E-state index contributed by atoms with van der Waals surface area (Å²) in [4.78, 5) is 21.7. The van der Waals surface area contributed by atoms with Crippen LogP contribution in [0.15, 0.2) is 59.0 Å². The van der Waals surface area contributed by atoms with E-state index in [2.05, 4.69) is 38.1 Å². The molecule has 2 aromatic heterocycles. The molecular weight excluding hydrogens is 712 g/mol. The van der Waals surface area contributed by atoms with E-state index in [0.717, 1.165) is 38.0 Å². The smallest absolute Gasteiger partial charge is 0.394 e. The average Bonchev–Trinajstić information content (AvgIpc) is 3.61. The number of nitrogens with one attached hydrogen (secondary N) is 2. The maximum atomic E-state index is 12.8. The monoisotopic (exact) mass is 741 g/mol. The van der Waals surface area contributed by atoms with Crippen LogP contribution in [0.1, 0.15) is 43.6 Å². The van der Waals surface area contributed by atoms with E-state index in [1.165, 1.54) is 22.3 Å². The van der Waals surface area contributed by atoms with Gasteiger partial charge in [-0.2, -0.15) is 4.98 Å². The van der Waals surface area contributed by atoms with E-state index < -0.39 is 15.1 Å². The molecule has 2 aliphatic rings. The van der Waals surface area contributed by atoms with Gasteiger partial charge in [0.25, 0.3) is 5.56 Å². The minimum absolute atomic E-state index is 0. The van der Waals surface area contributed by atoms with Gasteiger partial charge in [-0.15, -0.1) is 0 Å². The number of allylic oxidation sites excluding steroid dienone is 2. The van der Waals surface area contributed by atoms with Crippen LogP contribution in [0.4, 0.5) is 11.6 Å². The molecule has 190 valence electrons. The fourth-order valence-corrected chi connectivity index (χ4v) is 6.56. The summed E-state index contributed by atoms with van der Waals surface area (Å²) in [6, 6.07) is 11.3. The topological polar surface area (TPSA) is 106 Å². The van der Waals surface area contributed by atoms with Gasteiger partial charge >= 0.3 is 31.1 Å². The maximum absolute atomic E-state index is 12.8. The van der Waals surface area contributed by atoms with E-state index in [4.69, 9.17) is 6.58 Å². The molecular formula is C27H29N5O3SU. The van der Waals surface area contributed by atoms with Crippen LogP contribution in [0.25, 0.3) is 11.0 Å². The van der Waals surface area contributed by atoms with Crippen molar-refractivity contribution in [2.75, 3.05) is 18.4 Å². The van der Waals surface area contributed by atoms with Gasteiger partial charge in [0.05, 0.1) is 9.84 Å². The van der Waals surface area contributed by atoms with Crippen molar-refractivity contribution in [3.63, 3.8) is 0 Å². The summed E-state index contributed by atoms with van der Waals surface area (Å²) in [6.45, 7) is 7.74. The van der Waals surface area contributed by atoms with Crippen LogP contribution < -0.4 is 16.2 Å². The quantitative estimate of drug-likeness (QED) is 0.269. The second-order valence-electron chi connectivity index (χ2n) is 9.41. The molecule has 1 unspecified atom stereocenters. The van der Waals surface area contributed by atoms with Crippen molar-refractivity contribution in [3.8, 4) is 0 Å². The van der Waals surface area contributed by atoms with E-state index >= 15 is 0 Å². The molecule has 1 saturated carbocycles. The number of rotatable bonds is 8. The molecule has 0 spiro atoms. The van der Waals surface area contributed by atoms with Crippen LogP contribution in [0.5, 0.6) is 0 Å². The number of hydrogen-bond acceptors (Lipinski definition) is 7. The molecule has 3 aromatic rings. The first-order chi connectivity index (χ1) is 17.4. The van der Waals surface area contributed by atoms with E-state index in [9.17, 15) is 13.2 Å². The normalized spacial score (nSPS) is 18.6. The van der Waals surface area contributed by atoms with Crippen molar-refractivity contribution in [2.45, 2.75) is 49.8 Å². The second kappa shape index (κ2) is 12.1. The van der Waals surface area contributed by atoms with Crippen LogP contribution in [-0.4, -0.2) is 41.3 Å². The molecule has 1 aliphatic heterocycles. The molecule has 3 heterocycles. The van der Waals surface area contributed by atoms with Gasteiger partial charge < -0.3 is 33.4 Å². The Bertz CT molecular complexity index is 1460. The zero-order valence-electron chi connectivity index (χ0n) is 20.5. The Kier molecular flexibility index (Phi) is 9.07. The van der Waals surface area contributed by atoms with Crippen LogP contribution in [0.2, 0.25) is 0 Å². The Balaban J connectivity index is 0.00000320. The molecule has 1 atom stereocenters. The third-order valence-corrected chi connectivity index (χ3v) is 8.86. The SMILES string of the molecule is [CH-]=CC(=[C-]S(=O)(=O)C1CCCC1)Cn1c(=O)ccc2cnc(Nc3ccc(C4CCNC4)cc3)nc21.[U+2]. The van der Waals surface area contributed by atoms with Gasteiger partial charge in [-0.3, -0.25) is 4.79 Å². The summed E-state index contributed by atoms with van der Waals surface area (Å²) < 4.78 is 26.9. The number of anilines is 2. The summed E-state index contributed by atoms with van der Waals surface area (Å²) in [5.74, 6) is 0.864. The predicted molar refractivity (Wildman–Crippen MR) is 141 cm³/mol. The molecule has 5 rings (SSSR count). The number of pyridine rings is 1. The zero-order chi connectivity index (χ0) is 25.1. The number of hydrogen-bond donors (Lipinski definition) is 2. The molecule has 1 saturated heterocycles. The number of nitrogens with zero attached hydrogens (tertiary/aromatic N) is 3. The molecule has 0 bridgehead atoms. The summed E-state index contributed by atoms with van der Waals surface area (Å²) in [5, 5.41) is 9.39. The molecule has 2 N–H and O–H groups in total. The van der Waals surface area contributed by atoms with Crippen molar-refractivity contribution < 1.29 is 39.5 Å². The Labute approximate surface area is 241 Å². The molecule has 8 nitrogen and oxygen atoms in total. The molecule has 2 fully saturated rings. The summed E-state index contributed by atoms with van der Waals surface area (Å²) >= 11 is 0. The summed E-state index contributed by atoms with van der Waals surface area (Å²) in [6.07, 6.45) is 7.00. The molecule has 1 aromatic carbocycles. The fourth-order valence-electron chi connectivity index (χ4n) is 4.95. The van der Waals surface area contributed by atoms with Gasteiger partial charge in [0.2, 0.25) is 5.95 Å². The van der Waals surface area contributed by atoms with Gasteiger partial charge in [0.1, 0.15) is 5.65 Å². The van der Waals surface area contributed by atoms with E-state index in [0.29, 0.717) is 35.7 Å².